The lowest BCUT2D eigenvalue weighted by molar-refractivity contribution is 0.112. The molecule has 0 unspecified atom stereocenters. The topological polar surface area (TPSA) is 30.0 Å². The zero-order valence-corrected chi connectivity index (χ0v) is 8.78. The van der Waals surface area contributed by atoms with Crippen molar-refractivity contribution in [1.82, 2.24) is 4.98 Å². The van der Waals surface area contributed by atoms with Crippen molar-refractivity contribution in [3.05, 3.63) is 54.2 Å². The smallest absolute Gasteiger partial charge is 0.151 e. The number of pyridine rings is 1. The van der Waals surface area contributed by atoms with Gasteiger partial charge in [-0.15, -0.1) is 0 Å². The van der Waals surface area contributed by atoms with Gasteiger partial charge in [-0.25, -0.2) is 4.98 Å². The molecule has 0 atom stereocenters. The number of hydrogen-bond acceptors (Lipinski definition) is 3. The first-order chi connectivity index (χ1) is 7.40. The van der Waals surface area contributed by atoms with Crippen molar-refractivity contribution < 1.29 is 4.79 Å². The lowest BCUT2D eigenvalue weighted by atomic mass is 10.2. The molecule has 0 aliphatic rings. The van der Waals surface area contributed by atoms with Crippen LogP contribution in [-0.4, -0.2) is 11.3 Å². The summed E-state index contributed by atoms with van der Waals surface area (Å²) in [4.78, 5) is 15.9. The van der Waals surface area contributed by atoms with E-state index in [1.165, 1.54) is 11.8 Å². The van der Waals surface area contributed by atoms with E-state index in [1.807, 2.05) is 36.4 Å². The molecule has 1 aromatic heterocycles. The Morgan fingerprint density at radius 2 is 1.87 bits per heavy atom. The molecule has 0 fully saturated rings. The summed E-state index contributed by atoms with van der Waals surface area (Å²) in [5.41, 5.74) is 0.702. The average Bonchev–Trinajstić information content (AvgIpc) is 2.31. The second kappa shape index (κ2) is 4.75. The molecular formula is C12H9NOS. The van der Waals surface area contributed by atoms with Gasteiger partial charge in [-0.1, -0.05) is 36.0 Å². The van der Waals surface area contributed by atoms with Crippen LogP contribution in [0.5, 0.6) is 0 Å². The fourth-order valence-corrected chi connectivity index (χ4v) is 2.06. The summed E-state index contributed by atoms with van der Waals surface area (Å²) in [6.07, 6.45) is 2.61. The number of benzene rings is 1. The molecule has 2 rings (SSSR count). The molecular weight excluding hydrogens is 206 g/mol. The van der Waals surface area contributed by atoms with Crippen molar-refractivity contribution in [2.24, 2.45) is 0 Å². The number of carbonyl (C=O) groups is 1. The summed E-state index contributed by atoms with van der Waals surface area (Å²) in [5.74, 6) is 0. The standard InChI is InChI=1S/C12H9NOS/c14-9-10-5-1-2-6-11(10)15-12-7-3-4-8-13-12/h1-9H. The highest BCUT2D eigenvalue weighted by molar-refractivity contribution is 7.99. The molecule has 1 aromatic carbocycles. The van der Waals surface area contributed by atoms with Crippen molar-refractivity contribution in [3.63, 3.8) is 0 Å². The van der Waals surface area contributed by atoms with Gasteiger partial charge in [-0.3, -0.25) is 4.79 Å². The van der Waals surface area contributed by atoms with Gasteiger partial charge in [0.1, 0.15) is 5.03 Å². The first-order valence-corrected chi connectivity index (χ1v) is 5.35. The van der Waals surface area contributed by atoms with Crippen molar-refractivity contribution >= 4 is 18.0 Å². The van der Waals surface area contributed by atoms with Gasteiger partial charge in [0.25, 0.3) is 0 Å². The second-order valence-corrected chi connectivity index (χ2v) is 3.99. The van der Waals surface area contributed by atoms with Crippen LogP contribution in [0.1, 0.15) is 10.4 Å². The molecule has 0 saturated carbocycles. The second-order valence-electron chi connectivity index (χ2n) is 2.93. The maximum atomic E-state index is 10.8. The van der Waals surface area contributed by atoms with Crippen LogP contribution in [-0.2, 0) is 0 Å². The zero-order chi connectivity index (χ0) is 10.5. The van der Waals surface area contributed by atoms with Gasteiger partial charge >= 0.3 is 0 Å². The first-order valence-electron chi connectivity index (χ1n) is 4.53. The third-order valence-electron chi connectivity index (χ3n) is 1.90. The molecule has 0 aliphatic carbocycles. The van der Waals surface area contributed by atoms with Crippen LogP contribution < -0.4 is 0 Å². The Morgan fingerprint density at radius 1 is 1.07 bits per heavy atom. The Labute approximate surface area is 92.4 Å². The normalized spacial score (nSPS) is 9.87. The summed E-state index contributed by atoms with van der Waals surface area (Å²) >= 11 is 1.50. The Balaban J connectivity index is 2.28. The van der Waals surface area contributed by atoms with Crippen molar-refractivity contribution in [1.29, 1.82) is 0 Å². The maximum Gasteiger partial charge on any atom is 0.151 e. The van der Waals surface area contributed by atoms with Gasteiger partial charge < -0.3 is 0 Å². The van der Waals surface area contributed by atoms with E-state index in [0.29, 0.717) is 5.56 Å². The van der Waals surface area contributed by atoms with Crippen LogP contribution >= 0.6 is 11.8 Å². The predicted molar refractivity (Wildman–Crippen MR) is 60.2 cm³/mol. The molecule has 0 radical (unpaired) electrons. The minimum atomic E-state index is 0.702. The molecule has 74 valence electrons. The van der Waals surface area contributed by atoms with E-state index in [4.69, 9.17) is 0 Å². The van der Waals surface area contributed by atoms with E-state index >= 15 is 0 Å². The molecule has 2 nitrogen and oxygen atoms in total. The third-order valence-corrected chi connectivity index (χ3v) is 2.94. The van der Waals surface area contributed by atoms with E-state index in [0.717, 1.165) is 16.2 Å². The van der Waals surface area contributed by atoms with Crippen LogP contribution in [0.2, 0.25) is 0 Å². The van der Waals surface area contributed by atoms with E-state index < -0.39 is 0 Å². The van der Waals surface area contributed by atoms with Crippen LogP contribution in [0.4, 0.5) is 0 Å². The molecule has 0 saturated heterocycles. The van der Waals surface area contributed by atoms with Gasteiger partial charge in [-0.05, 0) is 18.2 Å². The summed E-state index contributed by atoms with van der Waals surface area (Å²) in [6, 6.07) is 13.2. The summed E-state index contributed by atoms with van der Waals surface area (Å²) in [7, 11) is 0. The number of rotatable bonds is 3. The Kier molecular flexibility index (Phi) is 3.15. The highest BCUT2D eigenvalue weighted by Crippen LogP contribution is 2.27. The van der Waals surface area contributed by atoms with Crippen molar-refractivity contribution in [2.75, 3.05) is 0 Å². The Morgan fingerprint density at radius 3 is 2.60 bits per heavy atom. The molecule has 0 spiro atoms. The van der Waals surface area contributed by atoms with Gasteiger partial charge in [-0.2, -0.15) is 0 Å². The monoisotopic (exact) mass is 215 g/mol. The maximum absolute atomic E-state index is 10.8. The molecule has 2 aromatic rings. The van der Waals surface area contributed by atoms with Crippen molar-refractivity contribution in [2.45, 2.75) is 9.92 Å². The third kappa shape index (κ3) is 2.44. The van der Waals surface area contributed by atoms with Gasteiger partial charge in [0.15, 0.2) is 6.29 Å². The molecule has 0 aliphatic heterocycles. The minimum Gasteiger partial charge on any atom is -0.298 e. The van der Waals surface area contributed by atoms with Crippen LogP contribution in [0.15, 0.2) is 58.6 Å². The van der Waals surface area contributed by atoms with E-state index in [2.05, 4.69) is 4.98 Å². The van der Waals surface area contributed by atoms with Crippen LogP contribution in [0.3, 0.4) is 0 Å². The van der Waals surface area contributed by atoms with Crippen LogP contribution in [0, 0.1) is 0 Å². The fourth-order valence-electron chi connectivity index (χ4n) is 1.19. The molecule has 3 heteroatoms. The summed E-state index contributed by atoms with van der Waals surface area (Å²) < 4.78 is 0. The van der Waals surface area contributed by atoms with Crippen LogP contribution in [0.25, 0.3) is 0 Å². The van der Waals surface area contributed by atoms with E-state index in [9.17, 15) is 4.79 Å². The van der Waals surface area contributed by atoms with Gasteiger partial charge in [0, 0.05) is 16.7 Å². The van der Waals surface area contributed by atoms with E-state index in [-0.39, 0.29) is 0 Å². The summed E-state index contributed by atoms with van der Waals surface area (Å²) in [5, 5.41) is 0.895. The average molecular weight is 215 g/mol. The highest BCUT2D eigenvalue weighted by atomic mass is 32.2. The number of hydrogen-bond donors (Lipinski definition) is 0. The molecule has 0 N–H and O–H groups in total. The number of aromatic nitrogens is 1. The Bertz CT molecular complexity index is 456. The summed E-state index contributed by atoms with van der Waals surface area (Å²) in [6.45, 7) is 0. The minimum absolute atomic E-state index is 0.702. The lowest BCUT2D eigenvalue weighted by Gasteiger charge is -2.02. The molecule has 15 heavy (non-hydrogen) atoms. The molecule has 0 amide bonds. The molecule has 0 bridgehead atoms. The zero-order valence-electron chi connectivity index (χ0n) is 7.96. The highest BCUT2D eigenvalue weighted by Gasteiger charge is 2.02. The van der Waals surface area contributed by atoms with Gasteiger partial charge in [0.2, 0.25) is 0 Å². The number of aldehydes is 1. The van der Waals surface area contributed by atoms with E-state index in [1.54, 1.807) is 12.3 Å². The van der Waals surface area contributed by atoms with Crippen molar-refractivity contribution in [3.8, 4) is 0 Å². The SMILES string of the molecule is O=Cc1ccccc1Sc1ccccn1. The first kappa shape index (κ1) is 9.93. The fraction of sp³-hybridized carbons (Fsp3) is 0. The lowest BCUT2D eigenvalue weighted by Crippen LogP contribution is -1.85. The predicted octanol–water partition coefficient (Wildman–Crippen LogP) is 3.05. The number of nitrogens with zero attached hydrogens (tertiary/aromatic N) is 1. The molecule has 1 heterocycles. The number of carbonyl (C=O) groups excluding carboxylic acids is 1. The van der Waals surface area contributed by atoms with Gasteiger partial charge in [0.05, 0.1) is 0 Å². The largest absolute Gasteiger partial charge is 0.298 e. The Hall–Kier alpha value is -1.61. The quantitative estimate of drug-likeness (QED) is 0.737.